The summed E-state index contributed by atoms with van der Waals surface area (Å²) in [6, 6.07) is 8.22. The van der Waals surface area contributed by atoms with Gasteiger partial charge in [0, 0.05) is 31.2 Å². The first kappa shape index (κ1) is 23.3. The van der Waals surface area contributed by atoms with Crippen LogP contribution < -0.4 is 5.32 Å². The fraction of sp³-hybridized carbons (Fsp3) is 0.520. The van der Waals surface area contributed by atoms with Crippen LogP contribution in [0.15, 0.2) is 30.5 Å². The zero-order valence-electron chi connectivity index (χ0n) is 20.1. The standard InChI is InChI=1S/C25H31N5O3S/c1-24(2)13-19(25(3,4)33-24)22(31)27-23-26-14-21(34-23)16-5-6-20-17(11-16)12-18(28-29-20)15-30-7-9-32-10-8-30/h5-6,11-12,14,19H,7-10,13,15H2,1-4H3,(H,26,27,31). The van der Waals surface area contributed by atoms with Crippen molar-refractivity contribution >= 4 is 33.3 Å². The number of nitrogens with zero attached hydrogens (tertiary/aromatic N) is 4. The van der Waals surface area contributed by atoms with Crippen LogP contribution in [0, 0.1) is 5.92 Å². The van der Waals surface area contributed by atoms with Crippen LogP contribution in [0.3, 0.4) is 0 Å². The highest BCUT2D eigenvalue weighted by atomic mass is 32.1. The molecule has 34 heavy (non-hydrogen) atoms. The van der Waals surface area contributed by atoms with E-state index in [0.717, 1.165) is 59.9 Å². The SMILES string of the molecule is CC1(C)CC(C(=O)Nc2ncc(-c3ccc4nnc(CN5CCOCC5)cc4c3)s2)C(C)(C)O1. The molecule has 2 fully saturated rings. The van der Waals surface area contributed by atoms with Gasteiger partial charge in [-0.3, -0.25) is 9.69 Å². The van der Waals surface area contributed by atoms with Crippen LogP contribution in [-0.4, -0.2) is 63.5 Å². The lowest BCUT2D eigenvalue weighted by molar-refractivity contribution is -0.126. The van der Waals surface area contributed by atoms with Gasteiger partial charge in [-0.1, -0.05) is 17.4 Å². The monoisotopic (exact) mass is 481 g/mol. The molecule has 0 spiro atoms. The van der Waals surface area contributed by atoms with E-state index in [9.17, 15) is 4.79 Å². The minimum atomic E-state index is -0.508. The van der Waals surface area contributed by atoms with Gasteiger partial charge in [-0.2, -0.15) is 10.2 Å². The van der Waals surface area contributed by atoms with Gasteiger partial charge in [0.05, 0.1) is 46.4 Å². The molecule has 180 valence electrons. The average Bonchev–Trinajstić information content (AvgIpc) is 3.34. The van der Waals surface area contributed by atoms with Gasteiger partial charge in [-0.25, -0.2) is 4.98 Å². The van der Waals surface area contributed by atoms with Crippen LogP contribution in [0.2, 0.25) is 0 Å². The summed E-state index contributed by atoms with van der Waals surface area (Å²) in [6.45, 7) is 12.1. The van der Waals surface area contributed by atoms with E-state index in [0.29, 0.717) is 11.6 Å². The van der Waals surface area contributed by atoms with E-state index in [1.165, 1.54) is 11.3 Å². The number of aromatic nitrogens is 3. The van der Waals surface area contributed by atoms with E-state index in [-0.39, 0.29) is 17.4 Å². The van der Waals surface area contributed by atoms with Crippen molar-refractivity contribution in [3.8, 4) is 10.4 Å². The normalized spacial score (nSPS) is 22.2. The van der Waals surface area contributed by atoms with Crippen molar-refractivity contribution in [1.82, 2.24) is 20.1 Å². The van der Waals surface area contributed by atoms with Crippen molar-refractivity contribution < 1.29 is 14.3 Å². The van der Waals surface area contributed by atoms with Crippen LogP contribution in [0.1, 0.15) is 39.8 Å². The lowest BCUT2D eigenvalue weighted by Gasteiger charge is -2.26. The highest BCUT2D eigenvalue weighted by molar-refractivity contribution is 7.19. The molecule has 2 saturated heterocycles. The first-order valence-corrected chi connectivity index (χ1v) is 12.5. The van der Waals surface area contributed by atoms with E-state index in [2.05, 4.69) is 37.5 Å². The molecule has 1 N–H and O–H groups in total. The second-order valence-corrected chi connectivity index (χ2v) is 11.3. The molecular weight excluding hydrogens is 450 g/mol. The lowest BCUT2D eigenvalue weighted by Crippen LogP contribution is -2.36. The second-order valence-electron chi connectivity index (χ2n) is 10.2. The third kappa shape index (κ3) is 4.98. The van der Waals surface area contributed by atoms with E-state index in [1.54, 1.807) is 0 Å². The molecular formula is C25H31N5O3S. The number of benzene rings is 1. The third-order valence-corrected chi connectivity index (χ3v) is 7.50. The number of ether oxygens (including phenoxy) is 2. The molecule has 2 aliphatic rings. The van der Waals surface area contributed by atoms with E-state index in [4.69, 9.17) is 9.47 Å². The Kier molecular flexibility index (Phi) is 6.14. The number of rotatable bonds is 5. The van der Waals surface area contributed by atoms with Crippen molar-refractivity contribution in [2.24, 2.45) is 5.92 Å². The number of carbonyl (C=O) groups excluding carboxylic acids is 1. The third-order valence-electron chi connectivity index (χ3n) is 6.54. The van der Waals surface area contributed by atoms with Crippen molar-refractivity contribution in [2.75, 3.05) is 31.6 Å². The number of fused-ring (bicyclic) bond motifs is 1. The summed E-state index contributed by atoms with van der Waals surface area (Å²) in [5.41, 5.74) is 2.04. The Bertz CT molecular complexity index is 1200. The number of carbonyl (C=O) groups is 1. The van der Waals surface area contributed by atoms with Crippen molar-refractivity contribution in [3.05, 3.63) is 36.2 Å². The Morgan fingerprint density at radius 2 is 1.97 bits per heavy atom. The molecule has 5 rings (SSSR count). The summed E-state index contributed by atoms with van der Waals surface area (Å²) in [6.07, 6.45) is 2.49. The molecule has 0 bridgehead atoms. The zero-order chi connectivity index (χ0) is 23.9. The van der Waals surface area contributed by atoms with E-state index < -0.39 is 5.60 Å². The highest BCUT2D eigenvalue weighted by Gasteiger charge is 2.49. The summed E-state index contributed by atoms with van der Waals surface area (Å²) in [4.78, 5) is 20.8. The van der Waals surface area contributed by atoms with Gasteiger partial charge in [-0.05, 0) is 57.9 Å². The minimum Gasteiger partial charge on any atom is -0.379 e. The Morgan fingerprint density at radius 3 is 2.71 bits per heavy atom. The number of amides is 1. The van der Waals surface area contributed by atoms with Crippen molar-refractivity contribution in [1.29, 1.82) is 0 Å². The quantitative estimate of drug-likeness (QED) is 0.586. The Labute approximate surface area is 203 Å². The maximum absolute atomic E-state index is 13.0. The highest BCUT2D eigenvalue weighted by Crippen LogP contribution is 2.42. The molecule has 0 aliphatic carbocycles. The van der Waals surface area contributed by atoms with Gasteiger partial charge in [0.25, 0.3) is 0 Å². The summed E-state index contributed by atoms with van der Waals surface area (Å²) in [7, 11) is 0. The molecule has 0 saturated carbocycles. The van der Waals surface area contributed by atoms with E-state index in [1.807, 2.05) is 46.0 Å². The predicted molar refractivity (Wildman–Crippen MR) is 133 cm³/mol. The molecule has 3 aromatic rings. The molecule has 1 unspecified atom stereocenters. The predicted octanol–water partition coefficient (Wildman–Crippen LogP) is 4.12. The minimum absolute atomic E-state index is 0.0435. The number of morpholine rings is 1. The topological polar surface area (TPSA) is 89.5 Å². The number of hydrogen-bond acceptors (Lipinski definition) is 8. The van der Waals surface area contributed by atoms with Gasteiger partial charge in [0.1, 0.15) is 0 Å². The molecule has 4 heterocycles. The maximum Gasteiger partial charge on any atom is 0.232 e. The molecule has 8 nitrogen and oxygen atoms in total. The Morgan fingerprint density at radius 1 is 1.18 bits per heavy atom. The number of hydrogen-bond donors (Lipinski definition) is 1. The van der Waals surface area contributed by atoms with Gasteiger partial charge < -0.3 is 14.8 Å². The average molecular weight is 482 g/mol. The number of thiazole rings is 1. The fourth-order valence-corrected chi connectivity index (χ4v) is 5.75. The van der Waals surface area contributed by atoms with E-state index >= 15 is 0 Å². The van der Waals surface area contributed by atoms with Crippen LogP contribution in [-0.2, 0) is 20.8 Å². The van der Waals surface area contributed by atoms with Crippen LogP contribution in [0.5, 0.6) is 0 Å². The summed E-state index contributed by atoms with van der Waals surface area (Å²) < 4.78 is 11.5. The van der Waals surface area contributed by atoms with Crippen LogP contribution >= 0.6 is 11.3 Å². The summed E-state index contributed by atoms with van der Waals surface area (Å²) in [5, 5.41) is 13.5. The zero-order valence-corrected chi connectivity index (χ0v) is 20.9. The molecule has 1 aromatic carbocycles. The summed E-state index contributed by atoms with van der Waals surface area (Å²) in [5.74, 6) is -0.267. The molecule has 2 aliphatic heterocycles. The number of nitrogens with one attached hydrogen (secondary N) is 1. The maximum atomic E-state index is 13.0. The van der Waals surface area contributed by atoms with Crippen LogP contribution in [0.25, 0.3) is 21.3 Å². The summed E-state index contributed by atoms with van der Waals surface area (Å²) >= 11 is 1.47. The Balaban J connectivity index is 1.31. The van der Waals surface area contributed by atoms with Gasteiger partial charge in [0.15, 0.2) is 5.13 Å². The Hall–Kier alpha value is -2.46. The molecule has 9 heteroatoms. The second kappa shape index (κ2) is 8.96. The lowest BCUT2D eigenvalue weighted by atomic mass is 9.87. The van der Waals surface area contributed by atoms with Crippen molar-refractivity contribution in [3.63, 3.8) is 0 Å². The largest absolute Gasteiger partial charge is 0.379 e. The molecule has 2 aromatic heterocycles. The first-order valence-electron chi connectivity index (χ1n) is 11.7. The van der Waals surface area contributed by atoms with Crippen molar-refractivity contribution in [2.45, 2.75) is 51.9 Å². The van der Waals surface area contributed by atoms with Gasteiger partial charge in [-0.15, -0.1) is 0 Å². The smallest absolute Gasteiger partial charge is 0.232 e. The fourth-order valence-electron chi connectivity index (χ4n) is 4.94. The van der Waals surface area contributed by atoms with Gasteiger partial charge >= 0.3 is 0 Å². The molecule has 0 radical (unpaired) electrons. The number of anilines is 1. The molecule has 1 amide bonds. The molecule has 1 atom stereocenters. The van der Waals surface area contributed by atoms with Gasteiger partial charge in [0.2, 0.25) is 5.91 Å². The first-order chi connectivity index (χ1) is 16.2. The van der Waals surface area contributed by atoms with Crippen LogP contribution in [0.4, 0.5) is 5.13 Å².